The van der Waals surface area contributed by atoms with Crippen LogP contribution in [0.4, 0.5) is 0 Å². The number of phenols is 1. The third-order valence-electron chi connectivity index (χ3n) is 5.61. The summed E-state index contributed by atoms with van der Waals surface area (Å²) in [6.07, 6.45) is 0.696. The highest BCUT2D eigenvalue weighted by Crippen LogP contribution is 2.12. The average molecular weight is 563 g/mol. The molecule has 0 radical (unpaired) electrons. The van der Waals surface area contributed by atoms with E-state index in [4.69, 9.17) is 15.9 Å². The second-order valence-electron chi connectivity index (χ2n) is 8.81. The Bertz CT molecular complexity index is 1200. The van der Waals surface area contributed by atoms with Crippen LogP contribution in [0.1, 0.15) is 30.5 Å². The zero-order valence-corrected chi connectivity index (χ0v) is 21.1. The molecule has 0 aliphatic carbocycles. The molecule has 0 bridgehead atoms. The lowest BCUT2D eigenvalue weighted by Crippen LogP contribution is -2.58. The number of amides is 3. The minimum atomic E-state index is -1.56. The standard InChI is InChI=1S/C24H30N6O10/c25-15(9-20(34)35)21(36)29-17(7-12-1-3-14(31)4-2-12)22(37)30-18(8-13-10-26-11-27-13)23(38)28-16(24(39)40)5-6-19(32)33/h1-4,10-11,15-18,31H,5-9,25H2,(H,26,27)(H,28,38)(H,29,36)(H,30,37)(H,32,33)(H,34,35)(H,39,40). The molecule has 1 heterocycles. The Morgan fingerprint density at radius 3 is 1.93 bits per heavy atom. The Kier molecular flexibility index (Phi) is 11.6. The fourth-order valence-corrected chi connectivity index (χ4v) is 3.53. The number of hydrogen-bond donors (Lipinski definition) is 9. The molecule has 0 saturated heterocycles. The lowest BCUT2D eigenvalue weighted by atomic mass is 10.0. The van der Waals surface area contributed by atoms with Crippen LogP contribution in [-0.2, 0) is 41.6 Å². The lowest BCUT2D eigenvalue weighted by Gasteiger charge is -2.25. The number of nitrogens with zero attached hydrogens (tertiary/aromatic N) is 1. The number of benzene rings is 1. The van der Waals surface area contributed by atoms with E-state index in [1.807, 2.05) is 0 Å². The van der Waals surface area contributed by atoms with Gasteiger partial charge in [0, 0.05) is 31.2 Å². The van der Waals surface area contributed by atoms with Crippen LogP contribution in [-0.4, -0.2) is 90.2 Å². The highest BCUT2D eigenvalue weighted by Gasteiger charge is 2.31. The van der Waals surface area contributed by atoms with E-state index in [0.29, 0.717) is 11.3 Å². The summed E-state index contributed by atoms with van der Waals surface area (Å²) in [4.78, 5) is 78.9. The Balaban J connectivity index is 2.29. The summed E-state index contributed by atoms with van der Waals surface area (Å²) >= 11 is 0. The molecule has 0 saturated carbocycles. The summed E-state index contributed by atoms with van der Waals surface area (Å²) in [5.41, 5.74) is 6.50. The molecule has 0 aliphatic rings. The number of aromatic nitrogens is 2. The number of imidazole rings is 1. The van der Waals surface area contributed by atoms with Crippen molar-refractivity contribution in [2.24, 2.45) is 5.73 Å². The molecule has 0 aliphatic heterocycles. The van der Waals surface area contributed by atoms with Gasteiger partial charge in [-0.2, -0.15) is 0 Å². The molecule has 16 heteroatoms. The van der Waals surface area contributed by atoms with Crippen molar-refractivity contribution in [3.8, 4) is 5.75 Å². The molecular formula is C24H30N6O10. The van der Waals surface area contributed by atoms with Crippen molar-refractivity contribution < 1.29 is 49.2 Å². The van der Waals surface area contributed by atoms with E-state index in [0.717, 1.165) is 0 Å². The molecule has 1 aromatic heterocycles. The number of aliphatic carboxylic acids is 3. The van der Waals surface area contributed by atoms with Gasteiger partial charge in [0.2, 0.25) is 17.7 Å². The second-order valence-corrected chi connectivity index (χ2v) is 8.81. The van der Waals surface area contributed by atoms with Crippen LogP contribution in [0.3, 0.4) is 0 Å². The number of carboxylic acids is 3. The van der Waals surface area contributed by atoms with Gasteiger partial charge in [-0.1, -0.05) is 12.1 Å². The summed E-state index contributed by atoms with van der Waals surface area (Å²) in [5.74, 6) is -6.92. The number of nitrogens with two attached hydrogens (primary N) is 1. The summed E-state index contributed by atoms with van der Waals surface area (Å²) in [6, 6.07) is -0.155. The van der Waals surface area contributed by atoms with Gasteiger partial charge in [0.15, 0.2) is 0 Å². The van der Waals surface area contributed by atoms with Crippen LogP contribution >= 0.6 is 0 Å². The third kappa shape index (κ3) is 10.4. The first kappa shape index (κ1) is 31.2. The number of aromatic hydroxyl groups is 1. The second kappa shape index (κ2) is 14.8. The SMILES string of the molecule is NC(CC(=O)O)C(=O)NC(Cc1ccc(O)cc1)C(=O)NC(Cc1cnc[nH]1)C(=O)NC(CCC(=O)O)C(=O)O. The van der Waals surface area contributed by atoms with E-state index in [1.165, 1.54) is 36.8 Å². The minimum Gasteiger partial charge on any atom is -0.508 e. The van der Waals surface area contributed by atoms with Crippen molar-refractivity contribution in [3.63, 3.8) is 0 Å². The molecule has 4 atom stereocenters. The monoisotopic (exact) mass is 562 g/mol. The van der Waals surface area contributed by atoms with Gasteiger partial charge >= 0.3 is 17.9 Å². The molecule has 216 valence electrons. The molecule has 2 rings (SSSR count). The number of carboxylic acid groups (broad SMARTS) is 3. The maximum atomic E-state index is 13.3. The first-order chi connectivity index (χ1) is 18.8. The Hall–Kier alpha value is -4.99. The van der Waals surface area contributed by atoms with E-state index in [-0.39, 0.29) is 18.6 Å². The maximum absolute atomic E-state index is 13.3. The topological polar surface area (TPSA) is 274 Å². The molecular weight excluding hydrogens is 532 g/mol. The van der Waals surface area contributed by atoms with Crippen LogP contribution < -0.4 is 21.7 Å². The van der Waals surface area contributed by atoms with Crippen molar-refractivity contribution in [1.82, 2.24) is 25.9 Å². The summed E-state index contributed by atoms with van der Waals surface area (Å²) in [6.45, 7) is 0. The van der Waals surface area contributed by atoms with E-state index < -0.39 is 79.1 Å². The molecule has 16 nitrogen and oxygen atoms in total. The van der Waals surface area contributed by atoms with Gasteiger partial charge in [0.1, 0.15) is 23.9 Å². The zero-order valence-electron chi connectivity index (χ0n) is 21.1. The van der Waals surface area contributed by atoms with Crippen LogP contribution in [0.5, 0.6) is 5.75 Å². The molecule has 3 amide bonds. The van der Waals surface area contributed by atoms with E-state index in [2.05, 4.69) is 25.9 Å². The molecule has 1 aromatic carbocycles. The van der Waals surface area contributed by atoms with E-state index >= 15 is 0 Å². The number of H-pyrrole nitrogens is 1. The predicted molar refractivity (Wildman–Crippen MR) is 135 cm³/mol. The first-order valence-electron chi connectivity index (χ1n) is 11.9. The summed E-state index contributed by atoms with van der Waals surface area (Å²) < 4.78 is 0. The van der Waals surface area contributed by atoms with Gasteiger partial charge in [0.25, 0.3) is 0 Å². The largest absolute Gasteiger partial charge is 0.508 e. The third-order valence-corrected chi connectivity index (χ3v) is 5.61. The Morgan fingerprint density at radius 1 is 0.825 bits per heavy atom. The van der Waals surface area contributed by atoms with E-state index in [9.17, 15) is 39.0 Å². The maximum Gasteiger partial charge on any atom is 0.326 e. The quantitative estimate of drug-likeness (QED) is 0.109. The number of phenolic OH excluding ortho intramolecular Hbond substituents is 1. The highest BCUT2D eigenvalue weighted by molar-refractivity contribution is 5.95. The van der Waals surface area contributed by atoms with Crippen LogP contribution in [0.2, 0.25) is 0 Å². The molecule has 40 heavy (non-hydrogen) atoms. The van der Waals surface area contributed by atoms with Crippen molar-refractivity contribution in [2.45, 2.75) is 56.3 Å². The van der Waals surface area contributed by atoms with Crippen LogP contribution in [0, 0.1) is 0 Å². The number of rotatable bonds is 16. The van der Waals surface area contributed by atoms with E-state index in [1.54, 1.807) is 0 Å². The van der Waals surface area contributed by atoms with Crippen LogP contribution in [0.15, 0.2) is 36.8 Å². The fraction of sp³-hybridized carbons (Fsp3) is 0.375. The zero-order chi connectivity index (χ0) is 29.8. The first-order valence-corrected chi connectivity index (χ1v) is 11.9. The van der Waals surface area contributed by atoms with Crippen molar-refractivity contribution in [1.29, 1.82) is 0 Å². The van der Waals surface area contributed by atoms with Gasteiger partial charge in [-0.05, 0) is 24.1 Å². The predicted octanol–water partition coefficient (Wildman–Crippen LogP) is -1.89. The minimum absolute atomic E-state index is 0.0514. The fourth-order valence-electron chi connectivity index (χ4n) is 3.53. The highest BCUT2D eigenvalue weighted by atomic mass is 16.4. The van der Waals surface area contributed by atoms with Crippen molar-refractivity contribution in [2.75, 3.05) is 0 Å². The number of aromatic amines is 1. The summed E-state index contributed by atoms with van der Waals surface area (Å²) in [5, 5.41) is 43.8. The van der Waals surface area contributed by atoms with Gasteiger partial charge in [-0.25, -0.2) is 9.78 Å². The van der Waals surface area contributed by atoms with Gasteiger partial charge in [-0.15, -0.1) is 0 Å². The lowest BCUT2D eigenvalue weighted by molar-refractivity contribution is -0.143. The van der Waals surface area contributed by atoms with Crippen LogP contribution in [0.25, 0.3) is 0 Å². The average Bonchev–Trinajstić information content (AvgIpc) is 3.39. The summed E-state index contributed by atoms with van der Waals surface area (Å²) in [7, 11) is 0. The Morgan fingerprint density at radius 2 is 1.40 bits per heavy atom. The van der Waals surface area contributed by atoms with Gasteiger partial charge in [0.05, 0.1) is 18.8 Å². The number of carbonyl (C=O) groups excluding carboxylic acids is 3. The molecule has 4 unspecified atom stereocenters. The Labute approximate surface area is 227 Å². The van der Waals surface area contributed by atoms with Gasteiger partial charge < -0.3 is 47.1 Å². The molecule has 0 spiro atoms. The van der Waals surface area contributed by atoms with Crippen molar-refractivity contribution >= 4 is 35.6 Å². The number of carbonyl (C=O) groups is 6. The van der Waals surface area contributed by atoms with Gasteiger partial charge in [-0.3, -0.25) is 24.0 Å². The molecule has 2 aromatic rings. The number of hydrogen-bond acceptors (Lipinski definition) is 9. The smallest absolute Gasteiger partial charge is 0.326 e. The molecule has 10 N–H and O–H groups in total. The number of nitrogens with one attached hydrogen (secondary N) is 4. The normalized spacial score (nSPS) is 13.7. The van der Waals surface area contributed by atoms with Crippen molar-refractivity contribution in [3.05, 3.63) is 48.0 Å². The molecule has 0 fully saturated rings.